The summed E-state index contributed by atoms with van der Waals surface area (Å²) in [5.74, 6) is 0. The molecule has 0 amide bonds. The molecule has 1 aromatic rings. The van der Waals surface area contributed by atoms with Crippen LogP contribution >= 0.6 is 0 Å². The number of rotatable bonds is 2. The van der Waals surface area contributed by atoms with E-state index in [0.717, 1.165) is 0 Å². The van der Waals surface area contributed by atoms with Gasteiger partial charge in [0, 0.05) is 0 Å². The molecule has 0 radical (unpaired) electrons. The minimum Gasteiger partial charge on any atom is -0.394 e. The Labute approximate surface area is 71.1 Å². The van der Waals surface area contributed by atoms with Gasteiger partial charge in [-0.3, -0.25) is 0 Å². The molecule has 1 rings (SSSR count). The van der Waals surface area contributed by atoms with E-state index in [1.54, 1.807) is 24.3 Å². The Balaban J connectivity index is 3.07. The highest BCUT2D eigenvalue weighted by Crippen LogP contribution is 2.14. The van der Waals surface area contributed by atoms with Gasteiger partial charge in [0.25, 0.3) is 0 Å². The highest BCUT2D eigenvalue weighted by Gasteiger charge is 2.07. The molecule has 0 aliphatic rings. The van der Waals surface area contributed by atoms with E-state index in [-0.39, 0.29) is 6.61 Å². The Morgan fingerprint density at radius 1 is 1.50 bits per heavy atom. The van der Waals surface area contributed by atoms with Gasteiger partial charge < -0.3 is 10.8 Å². The van der Waals surface area contributed by atoms with Crippen LogP contribution in [0.25, 0.3) is 0 Å². The van der Waals surface area contributed by atoms with Gasteiger partial charge in [-0.2, -0.15) is 5.26 Å². The first-order chi connectivity index (χ1) is 5.79. The van der Waals surface area contributed by atoms with Crippen LogP contribution in [0.4, 0.5) is 0 Å². The molecule has 1 atom stereocenters. The molecule has 0 saturated carbocycles. The number of hydrogen-bond donors (Lipinski definition) is 2. The Morgan fingerprint density at radius 2 is 2.17 bits per heavy atom. The lowest BCUT2D eigenvalue weighted by molar-refractivity contribution is 0.268. The van der Waals surface area contributed by atoms with Gasteiger partial charge in [-0.1, -0.05) is 18.2 Å². The summed E-state index contributed by atoms with van der Waals surface area (Å²) in [6.45, 7) is -0.140. The maximum absolute atomic E-state index is 8.77. The second-order valence-corrected chi connectivity index (χ2v) is 2.49. The maximum Gasteiger partial charge on any atom is 0.0995 e. The van der Waals surface area contributed by atoms with Crippen LogP contribution in [0, 0.1) is 11.3 Å². The van der Waals surface area contributed by atoms with E-state index in [1.807, 2.05) is 6.07 Å². The molecule has 0 saturated heterocycles. The van der Waals surface area contributed by atoms with Crippen molar-refractivity contribution in [3.8, 4) is 6.07 Å². The van der Waals surface area contributed by atoms with Crippen molar-refractivity contribution in [2.24, 2.45) is 5.73 Å². The van der Waals surface area contributed by atoms with E-state index in [9.17, 15) is 0 Å². The third-order valence-corrected chi connectivity index (χ3v) is 1.68. The van der Waals surface area contributed by atoms with E-state index in [4.69, 9.17) is 16.1 Å². The van der Waals surface area contributed by atoms with Gasteiger partial charge in [0.2, 0.25) is 0 Å². The normalized spacial score (nSPS) is 12.1. The molecule has 1 aromatic carbocycles. The number of hydrogen-bond acceptors (Lipinski definition) is 3. The lowest BCUT2D eigenvalue weighted by atomic mass is 10.0. The maximum atomic E-state index is 8.77. The van der Waals surface area contributed by atoms with Crippen LogP contribution in [0.3, 0.4) is 0 Å². The largest absolute Gasteiger partial charge is 0.394 e. The fourth-order valence-corrected chi connectivity index (χ4v) is 1.02. The molecular weight excluding hydrogens is 152 g/mol. The SMILES string of the molecule is N#Cc1ccccc1C(N)CO. The lowest BCUT2D eigenvalue weighted by Gasteiger charge is -2.09. The van der Waals surface area contributed by atoms with Gasteiger partial charge >= 0.3 is 0 Å². The number of nitrogens with two attached hydrogens (primary N) is 1. The highest BCUT2D eigenvalue weighted by molar-refractivity contribution is 5.39. The van der Waals surface area contributed by atoms with Crippen molar-refractivity contribution in [2.45, 2.75) is 6.04 Å². The molecule has 0 heterocycles. The molecule has 0 aliphatic carbocycles. The van der Waals surface area contributed by atoms with Crippen LogP contribution < -0.4 is 5.73 Å². The molecule has 12 heavy (non-hydrogen) atoms. The summed E-state index contributed by atoms with van der Waals surface area (Å²) < 4.78 is 0. The standard InChI is InChI=1S/C9H10N2O/c10-5-7-3-1-2-4-8(7)9(11)6-12/h1-4,9,12H,6,11H2. The van der Waals surface area contributed by atoms with Gasteiger partial charge in [0.15, 0.2) is 0 Å². The van der Waals surface area contributed by atoms with Crippen molar-refractivity contribution in [3.05, 3.63) is 35.4 Å². The van der Waals surface area contributed by atoms with Crippen LogP contribution in [-0.4, -0.2) is 11.7 Å². The van der Waals surface area contributed by atoms with Crippen LogP contribution in [0.2, 0.25) is 0 Å². The van der Waals surface area contributed by atoms with Crippen molar-refractivity contribution in [3.63, 3.8) is 0 Å². The fraction of sp³-hybridized carbons (Fsp3) is 0.222. The minimum absolute atomic E-state index is 0.140. The van der Waals surface area contributed by atoms with Crippen LogP contribution in [-0.2, 0) is 0 Å². The van der Waals surface area contributed by atoms with Gasteiger partial charge in [0.05, 0.1) is 24.3 Å². The van der Waals surface area contributed by atoms with Gasteiger partial charge in [-0.25, -0.2) is 0 Å². The molecular formula is C9H10N2O. The summed E-state index contributed by atoms with van der Waals surface area (Å²) in [6.07, 6.45) is 0. The summed E-state index contributed by atoms with van der Waals surface area (Å²) >= 11 is 0. The molecule has 3 nitrogen and oxygen atoms in total. The molecule has 1 unspecified atom stereocenters. The van der Waals surface area contributed by atoms with E-state index >= 15 is 0 Å². The minimum atomic E-state index is -0.458. The third-order valence-electron chi connectivity index (χ3n) is 1.68. The average Bonchev–Trinajstić information content (AvgIpc) is 2.16. The lowest BCUT2D eigenvalue weighted by Crippen LogP contribution is -2.15. The van der Waals surface area contributed by atoms with Crippen LogP contribution in [0.1, 0.15) is 17.2 Å². The monoisotopic (exact) mass is 162 g/mol. The van der Waals surface area contributed by atoms with E-state index in [2.05, 4.69) is 0 Å². The molecule has 0 bridgehead atoms. The van der Waals surface area contributed by atoms with Gasteiger partial charge in [-0.05, 0) is 11.6 Å². The smallest absolute Gasteiger partial charge is 0.0995 e. The molecule has 0 aromatic heterocycles. The van der Waals surface area contributed by atoms with E-state index < -0.39 is 6.04 Å². The van der Waals surface area contributed by atoms with E-state index in [0.29, 0.717) is 11.1 Å². The topological polar surface area (TPSA) is 70.0 Å². The first-order valence-electron chi connectivity index (χ1n) is 3.65. The summed E-state index contributed by atoms with van der Waals surface area (Å²) in [4.78, 5) is 0. The van der Waals surface area contributed by atoms with Crippen molar-refractivity contribution < 1.29 is 5.11 Å². The van der Waals surface area contributed by atoms with Crippen molar-refractivity contribution in [1.29, 1.82) is 5.26 Å². The summed E-state index contributed by atoms with van der Waals surface area (Å²) in [5.41, 5.74) is 6.79. The summed E-state index contributed by atoms with van der Waals surface area (Å²) in [5, 5.41) is 17.4. The molecule has 0 spiro atoms. The zero-order valence-electron chi connectivity index (χ0n) is 6.57. The number of benzene rings is 1. The van der Waals surface area contributed by atoms with Crippen molar-refractivity contribution in [1.82, 2.24) is 0 Å². The zero-order chi connectivity index (χ0) is 8.97. The predicted octanol–water partition coefficient (Wildman–Crippen LogP) is 0.550. The first-order valence-corrected chi connectivity index (χ1v) is 3.65. The molecule has 62 valence electrons. The van der Waals surface area contributed by atoms with Crippen LogP contribution in [0.5, 0.6) is 0 Å². The first kappa shape index (κ1) is 8.72. The number of aliphatic hydroxyl groups excluding tert-OH is 1. The number of aliphatic hydroxyl groups is 1. The summed E-state index contributed by atoms with van der Waals surface area (Å²) in [7, 11) is 0. The Kier molecular flexibility index (Phi) is 2.81. The number of nitrogens with zero attached hydrogens (tertiary/aromatic N) is 1. The average molecular weight is 162 g/mol. The second kappa shape index (κ2) is 3.86. The van der Waals surface area contributed by atoms with E-state index in [1.165, 1.54) is 0 Å². The number of nitriles is 1. The van der Waals surface area contributed by atoms with Gasteiger partial charge in [0.1, 0.15) is 0 Å². The molecule has 3 N–H and O–H groups in total. The molecule has 0 aliphatic heterocycles. The Bertz CT molecular complexity index is 304. The quantitative estimate of drug-likeness (QED) is 0.667. The van der Waals surface area contributed by atoms with Gasteiger partial charge in [-0.15, -0.1) is 0 Å². The second-order valence-electron chi connectivity index (χ2n) is 2.49. The van der Waals surface area contributed by atoms with Crippen LogP contribution in [0.15, 0.2) is 24.3 Å². The summed E-state index contributed by atoms with van der Waals surface area (Å²) in [6, 6.07) is 8.56. The van der Waals surface area contributed by atoms with Crippen molar-refractivity contribution >= 4 is 0 Å². The van der Waals surface area contributed by atoms with Crippen molar-refractivity contribution in [2.75, 3.05) is 6.61 Å². The highest BCUT2D eigenvalue weighted by atomic mass is 16.3. The fourth-order valence-electron chi connectivity index (χ4n) is 1.02. The predicted molar refractivity (Wildman–Crippen MR) is 45.2 cm³/mol. The zero-order valence-corrected chi connectivity index (χ0v) is 6.57. The Morgan fingerprint density at radius 3 is 2.75 bits per heavy atom. The molecule has 0 fully saturated rings. The molecule has 3 heteroatoms. The Hall–Kier alpha value is -1.37. The third kappa shape index (κ3) is 1.62.